The van der Waals surface area contributed by atoms with Gasteiger partial charge in [0.25, 0.3) is 0 Å². The molecule has 2 aliphatic rings. The van der Waals surface area contributed by atoms with Gasteiger partial charge < -0.3 is 10.6 Å². The summed E-state index contributed by atoms with van der Waals surface area (Å²) in [5.74, 6) is 0. The van der Waals surface area contributed by atoms with E-state index in [1.165, 1.54) is 69.3 Å². The number of hydrogen-bond acceptors (Lipinski definition) is 2. The van der Waals surface area contributed by atoms with Crippen molar-refractivity contribution in [2.75, 3.05) is 24.5 Å². The van der Waals surface area contributed by atoms with Crippen LogP contribution in [0.4, 0.5) is 5.69 Å². The van der Waals surface area contributed by atoms with Crippen LogP contribution in [-0.2, 0) is 6.42 Å². The van der Waals surface area contributed by atoms with Gasteiger partial charge in [0.05, 0.1) is 0 Å². The largest absolute Gasteiger partial charge is 0.371 e. The number of piperidine rings is 1. The first-order chi connectivity index (χ1) is 10.2. The molecule has 1 aromatic carbocycles. The Morgan fingerprint density at radius 2 is 1.76 bits per heavy atom. The van der Waals surface area contributed by atoms with E-state index in [1.807, 2.05) is 0 Å². The van der Waals surface area contributed by atoms with Gasteiger partial charge in [0.15, 0.2) is 0 Å². The highest BCUT2D eigenvalue weighted by molar-refractivity contribution is 9.10. The number of hydrogen-bond donors (Lipinski definition) is 1. The SMILES string of the molecule is NCCc1cc(Br)ccc1N1CCC2(CCCCC2)CC1. The van der Waals surface area contributed by atoms with Crippen LogP contribution in [0.2, 0.25) is 0 Å². The average Bonchev–Trinajstić information content (AvgIpc) is 2.50. The minimum atomic E-state index is 0.679. The van der Waals surface area contributed by atoms with Crippen molar-refractivity contribution < 1.29 is 0 Å². The molecule has 0 amide bonds. The van der Waals surface area contributed by atoms with Crippen LogP contribution in [0.5, 0.6) is 0 Å². The summed E-state index contributed by atoms with van der Waals surface area (Å²) in [4.78, 5) is 2.59. The summed E-state index contributed by atoms with van der Waals surface area (Å²) in [5.41, 5.74) is 9.27. The molecule has 1 heterocycles. The predicted molar refractivity (Wildman–Crippen MR) is 93.9 cm³/mol. The number of benzene rings is 1. The summed E-state index contributed by atoms with van der Waals surface area (Å²) in [6.07, 6.45) is 11.0. The molecule has 116 valence electrons. The fourth-order valence-electron chi connectivity index (χ4n) is 4.24. The van der Waals surface area contributed by atoms with Crippen molar-refractivity contribution >= 4 is 21.6 Å². The van der Waals surface area contributed by atoms with Crippen LogP contribution in [0, 0.1) is 5.41 Å². The molecule has 21 heavy (non-hydrogen) atoms. The number of rotatable bonds is 3. The zero-order valence-electron chi connectivity index (χ0n) is 12.9. The Balaban J connectivity index is 1.71. The third-order valence-electron chi connectivity index (χ3n) is 5.53. The molecule has 0 unspecified atom stereocenters. The van der Waals surface area contributed by atoms with Crippen molar-refractivity contribution in [2.24, 2.45) is 11.1 Å². The normalized spacial score (nSPS) is 21.7. The molecule has 3 rings (SSSR count). The maximum Gasteiger partial charge on any atom is 0.0400 e. The second-order valence-electron chi connectivity index (χ2n) is 6.86. The molecule has 2 nitrogen and oxygen atoms in total. The fraction of sp³-hybridized carbons (Fsp3) is 0.667. The first-order valence-corrected chi connectivity index (χ1v) is 9.25. The highest BCUT2D eigenvalue weighted by atomic mass is 79.9. The van der Waals surface area contributed by atoms with Gasteiger partial charge in [-0.3, -0.25) is 0 Å². The van der Waals surface area contributed by atoms with Crippen molar-refractivity contribution in [3.8, 4) is 0 Å². The van der Waals surface area contributed by atoms with E-state index >= 15 is 0 Å². The van der Waals surface area contributed by atoms with Gasteiger partial charge in [-0.25, -0.2) is 0 Å². The highest BCUT2D eigenvalue weighted by Gasteiger charge is 2.35. The van der Waals surface area contributed by atoms with Gasteiger partial charge in [-0.15, -0.1) is 0 Å². The number of halogens is 1. The third-order valence-corrected chi connectivity index (χ3v) is 6.03. The van der Waals surface area contributed by atoms with E-state index in [-0.39, 0.29) is 0 Å². The van der Waals surface area contributed by atoms with Gasteiger partial charge in [-0.1, -0.05) is 35.2 Å². The van der Waals surface area contributed by atoms with Gasteiger partial charge in [-0.05, 0) is 67.8 Å². The molecule has 0 aromatic heterocycles. The van der Waals surface area contributed by atoms with Gasteiger partial charge in [0.1, 0.15) is 0 Å². The summed E-state index contributed by atoms with van der Waals surface area (Å²) >= 11 is 3.59. The number of nitrogens with two attached hydrogens (primary N) is 1. The first kappa shape index (κ1) is 15.4. The molecule has 2 N–H and O–H groups in total. The zero-order valence-corrected chi connectivity index (χ0v) is 14.5. The van der Waals surface area contributed by atoms with Crippen LogP contribution in [0.25, 0.3) is 0 Å². The summed E-state index contributed by atoms with van der Waals surface area (Å²) in [6, 6.07) is 6.68. The topological polar surface area (TPSA) is 29.3 Å². The monoisotopic (exact) mass is 350 g/mol. The first-order valence-electron chi connectivity index (χ1n) is 8.46. The molecular weight excluding hydrogens is 324 g/mol. The lowest BCUT2D eigenvalue weighted by molar-refractivity contribution is 0.144. The predicted octanol–water partition coefficient (Wildman–Crippen LogP) is 4.50. The van der Waals surface area contributed by atoms with Crippen LogP contribution in [0.15, 0.2) is 22.7 Å². The van der Waals surface area contributed by atoms with Crippen LogP contribution in [0.1, 0.15) is 50.5 Å². The van der Waals surface area contributed by atoms with E-state index in [2.05, 4.69) is 39.0 Å². The summed E-state index contributed by atoms with van der Waals surface area (Å²) < 4.78 is 1.16. The molecule has 2 fully saturated rings. The van der Waals surface area contributed by atoms with E-state index in [1.54, 1.807) is 0 Å². The van der Waals surface area contributed by atoms with Crippen molar-refractivity contribution in [3.05, 3.63) is 28.2 Å². The number of anilines is 1. The van der Waals surface area contributed by atoms with E-state index in [9.17, 15) is 0 Å². The van der Waals surface area contributed by atoms with Crippen molar-refractivity contribution in [3.63, 3.8) is 0 Å². The molecule has 1 spiro atoms. The van der Waals surface area contributed by atoms with E-state index < -0.39 is 0 Å². The molecule has 0 bridgehead atoms. The maximum absolute atomic E-state index is 5.79. The lowest BCUT2D eigenvalue weighted by Crippen LogP contribution is -2.41. The van der Waals surface area contributed by atoms with E-state index in [4.69, 9.17) is 5.73 Å². The summed E-state index contributed by atoms with van der Waals surface area (Å²) in [5, 5.41) is 0. The summed E-state index contributed by atoms with van der Waals surface area (Å²) in [6.45, 7) is 3.17. The van der Waals surface area contributed by atoms with Crippen molar-refractivity contribution in [1.82, 2.24) is 0 Å². The van der Waals surface area contributed by atoms with Gasteiger partial charge in [-0.2, -0.15) is 0 Å². The standard InChI is InChI=1S/C18H27BrN2/c19-16-4-5-17(15(14-16)6-11-20)21-12-9-18(10-13-21)7-2-1-3-8-18/h4-5,14H,1-3,6-13,20H2. The lowest BCUT2D eigenvalue weighted by atomic mass is 9.68. The number of nitrogens with zero attached hydrogens (tertiary/aromatic N) is 1. The third kappa shape index (κ3) is 3.45. The second-order valence-corrected chi connectivity index (χ2v) is 7.78. The molecule has 1 saturated heterocycles. The fourth-order valence-corrected chi connectivity index (χ4v) is 4.65. The van der Waals surface area contributed by atoms with Crippen LogP contribution >= 0.6 is 15.9 Å². The maximum atomic E-state index is 5.79. The summed E-state index contributed by atoms with van der Waals surface area (Å²) in [7, 11) is 0. The van der Waals surface area contributed by atoms with Gasteiger partial charge in [0, 0.05) is 23.2 Å². The lowest BCUT2D eigenvalue weighted by Gasteiger charge is -2.45. The smallest absolute Gasteiger partial charge is 0.0400 e. The second kappa shape index (κ2) is 6.70. The molecular formula is C18H27BrN2. The van der Waals surface area contributed by atoms with Crippen molar-refractivity contribution in [2.45, 2.75) is 51.4 Å². The molecule has 3 heteroatoms. The Labute approximate surface area is 137 Å². The van der Waals surface area contributed by atoms with E-state index in [0.717, 1.165) is 17.4 Å². The van der Waals surface area contributed by atoms with E-state index in [0.29, 0.717) is 5.41 Å². The molecule has 0 atom stereocenters. The minimum absolute atomic E-state index is 0.679. The molecule has 1 aliphatic heterocycles. The Bertz CT molecular complexity index is 470. The molecule has 0 radical (unpaired) electrons. The Morgan fingerprint density at radius 1 is 1.05 bits per heavy atom. The quantitative estimate of drug-likeness (QED) is 0.869. The Morgan fingerprint density at radius 3 is 2.43 bits per heavy atom. The average molecular weight is 351 g/mol. The Kier molecular flexibility index (Phi) is 4.90. The molecule has 1 aromatic rings. The van der Waals surface area contributed by atoms with Crippen LogP contribution in [0.3, 0.4) is 0 Å². The molecule has 1 aliphatic carbocycles. The van der Waals surface area contributed by atoms with Crippen LogP contribution < -0.4 is 10.6 Å². The Hall–Kier alpha value is -0.540. The van der Waals surface area contributed by atoms with Crippen LogP contribution in [-0.4, -0.2) is 19.6 Å². The van der Waals surface area contributed by atoms with Crippen molar-refractivity contribution in [1.29, 1.82) is 0 Å². The minimum Gasteiger partial charge on any atom is -0.371 e. The van der Waals surface area contributed by atoms with Gasteiger partial charge in [0.2, 0.25) is 0 Å². The highest BCUT2D eigenvalue weighted by Crippen LogP contribution is 2.45. The molecule has 1 saturated carbocycles. The van der Waals surface area contributed by atoms with Gasteiger partial charge >= 0.3 is 0 Å². The zero-order chi connectivity index (χ0) is 14.7.